The quantitative estimate of drug-likeness (QED) is 0.135. The smallest absolute Gasteiger partial charge is 0.145 e. The summed E-state index contributed by atoms with van der Waals surface area (Å²) >= 11 is 1.87. The maximum atomic E-state index is 7.02. The highest BCUT2D eigenvalue weighted by Gasteiger charge is 2.21. The molecule has 0 N–H and O–H groups in total. The molecule has 0 spiro atoms. The van der Waals surface area contributed by atoms with Crippen molar-refractivity contribution in [2.75, 3.05) is 4.90 Å². The number of anilines is 3. The summed E-state index contributed by atoms with van der Waals surface area (Å²) in [6, 6.07) is 72.2. The van der Waals surface area contributed by atoms with E-state index in [4.69, 9.17) is 4.42 Å². The second-order valence-corrected chi connectivity index (χ2v) is 17.5. The lowest BCUT2D eigenvalue weighted by molar-refractivity contribution is 0.674. The highest BCUT2D eigenvalue weighted by molar-refractivity contribution is 7.26. The number of rotatable bonds is 9. The minimum absolute atomic E-state index is 0.879. The molecule has 0 aliphatic carbocycles. The maximum Gasteiger partial charge on any atom is 0.145 e. The Bertz CT molecular complexity index is 3830. The van der Waals surface area contributed by atoms with Crippen LogP contribution in [0.1, 0.15) is 6.92 Å². The molecule has 12 aromatic rings. The number of hydrogen-bond acceptors (Lipinski definition) is 3. The number of aromatic nitrogens is 1. The minimum Gasteiger partial charge on any atom is -0.455 e. The zero-order valence-electron chi connectivity index (χ0n) is 35.8. The number of para-hydroxylation sites is 2. The molecule has 0 saturated heterocycles. The Morgan fingerprint density at radius 2 is 1.05 bits per heavy atom. The number of hydrogen-bond donors (Lipinski definition) is 0. The van der Waals surface area contributed by atoms with Gasteiger partial charge in [-0.25, -0.2) is 0 Å². The zero-order chi connectivity index (χ0) is 43.4. The average molecular weight is 851 g/mol. The molecule has 0 saturated carbocycles. The molecule has 0 fully saturated rings. The van der Waals surface area contributed by atoms with Crippen molar-refractivity contribution in [1.82, 2.24) is 4.57 Å². The van der Waals surface area contributed by atoms with Gasteiger partial charge in [0.05, 0.1) is 16.4 Å². The van der Waals surface area contributed by atoms with Crippen LogP contribution in [0.3, 0.4) is 0 Å². The van der Waals surface area contributed by atoms with E-state index in [1.165, 1.54) is 42.4 Å². The lowest BCUT2D eigenvalue weighted by Gasteiger charge is -2.26. The summed E-state index contributed by atoms with van der Waals surface area (Å²) < 4.78 is 11.9. The Kier molecular flexibility index (Phi) is 9.40. The maximum absolute atomic E-state index is 7.02. The summed E-state index contributed by atoms with van der Waals surface area (Å²) in [5, 5.41) is 7.05. The highest BCUT2D eigenvalue weighted by atomic mass is 32.1. The predicted octanol–water partition coefficient (Wildman–Crippen LogP) is 18.1. The van der Waals surface area contributed by atoms with Gasteiger partial charge in [-0.15, -0.1) is 11.3 Å². The molecule has 3 aromatic heterocycles. The molecule has 3 nitrogen and oxygen atoms in total. The van der Waals surface area contributed by atoms with Crippen LogP contribution in [0.2, 0.25) is 0 Å². The number of benzene rings is 9. The molecular formula is C61H42N2OS. The van der Waals surface area contributed by atoms with E-state index in [2.05, 4.69) is 222 Å². The number of thiophene rings is 1. The molecule has 0 amide bonds. The van der Waals surface area contributed by atoms with Gasteiger partial charge in [0.15, 0.2) is 0 Å². The first-order chi connectivity index (χ1) is 32.1. The van der Waals surface area contributed by atoms with Crippen molar-refractivity contribution < 1.29 is 4.42 Å². The third kappa shape index (κ3) is 6.49. The highest BCUT2D eigenvalue weighted by Crippen LogP contribution is 2.45. The molecule has 0 aliphatic rings. The van der Waals surface area contributed by atoms with Gasteiger partial charge in [0.2, 0.25) is 0 Å². The van der Waals surface area contributed by atoms with Crippen molar-refractivity contribution >= 4 is 98.0 Å². The number of allylic oxidation sites excluding steroid dienone is 5. The SMILES string of the molecule is C=C(/C=C\C=C/C)n1c2ccccc2c2c3oc4c(-c5ccc(N(c6ccc(-c7ccccc7)cc6)c6ccc(-c7cccc8c7sc7ccccc78)cc6)cc5)cccc4c3ccc21. The molecule has 0 radical (unpaired) electrons. The van der Waals surface area contributed by atoms with E-state index in [1.54, 1.807) is 0 Å². The molecule has 3 heterocycles. The minimum atomic E-state index is 0.879. The van der Waals surface area contributed by atoms with E-state index < -0.39 is 0 Å². The summed E-state index contributed by atoms with van der Waals surface area (Å²) in [5.74, 6) is 0. The van der Waals surface area contributed by atoms with Gasteiger partial charge >= 0.3 is 0 Å². The van der Waals surface area contributed by atoms with Crippen molar-refractivity contribution in [1.29, 1.82) is 0 Å². The molecular weight excluding hydrogens is 809 g/mol. The Balaban J connectivity index is 0.949. The third-order valence-corrected chi connectivity index (χ3v) is 13.9. The first-order valence-electron chi connectivity index (χ1n) is 22.1. The van der Waals surface area contributed by atoms with Crippen molar-refractivity contribution in [2.24, 2.45) is 0 Å². The van der Waals surface area contributed by atoms with Gasteiger partial charge in [-0.05, 0) is 101 Å². The van der Waals surface area contributed by atoms with Gasteiger partial charge in [0, 0.05) is 64.7 Å². The standard InChI is InChI=1S/C61H42N2OS/c1-3-4-6-15-40(2)62-55-24-11-9-19-54(55)58-56(62)39-38-52-51-22-13-20-48(59(51)64-60(52)58)43-28-34-46(35-29-43)63(45-32-26-42(27-33-45)41-16-7-5-8-17-41)47-36-30-44(31-37-47)49-21-14-23-53-50-18-10-12-25-57(50)65-61(49)53/h3-39H,2H2,1H3/b4-3-,15-6-. The van der Waals surface area contributed by atoms with Crippen LogP contribution >= 0.6 is 11.3 Å². The number of fused-ring (bicyclic) bond motifs is 10. The van der Waals surface area contributed by atoms with E-state index >= 15 is 0 Å². The Hall–Kier alpha value is -8.18. The lowest BCUT2D eigenvalue weighted by Crippen LogP contribution is -2.09. The number of nitrogens with zero attached hydrogens (tertiary/aromatic N) is 2. The Morgan fingerprint density at radius 1 is 0.477 bits per heavy atom. The normalized spacial score (nSPS) is 12.0. The lowest BCUT2D eigenvalue weighted by atomic mass is 10.0. The first kappa shape index (κ1) is 38.5. The second kappa shape index (κ2) is 15.9. The zero-order valence-corrected chi connectivity index (χ0v) is 36.6. The van der Waals surface area contributed by atoms with Crippen molar-refractivity contribution in [3.63, 3.8) is 0 Å². The van der Waals surface area contributed by atoms with E-state index in [9.17, 15) is 0 Å². The molecule has 0 aliphatic heterocycles. The molecule has 12 rings (SSSR count). The van der Waals surface area contributed by atoms with E-state index in [0.717, 1.165) is 77.6 Å². The van der Waals surface area contributed by atoms with Gasteiger partial charge in [0.25, 0.3) is 0 Å². The van der Waals surface area contributed by atoms with E-state index in [1.807, 2.05) is 36.5 Å². The van der Waals surface area contributed by atoms with Crippen LogP contribution in [0.15, 0.2) is 235 Å². The molecule has 65 heavy (non-hydrogen) atoms. The molecule has 0 atom stereocenters. The second-order valence-electron chi connectivity index (χ2n) is 16.5. The van der Waals surface area contributed by atoms with Crippen LogP contribution in [0, 0.1) is 0 Å². The summed E-state index contributed by atoms with van der Waals surface area (Å²) in [4.78, 5) is 2.35. The van der Waals surface area contributed by atoms with Gasteiger partial charge < -0.3 is 13.9 Å². The van der Waals surface area contributed by atoms with Gasteiger partial charge in [-0.1, -0.05) is 164 Å². The van der Waals surface area contributed by atoms with Crippen molar-refractivity contribution in [3.8, 4) is 33.4 Å². The fourth-order valence-electron chi connectivity index (χ4n) is 9.63. The fourth-order valence-corrected chi connectivity index (χ4v) is 10.9. The number of furan rings is 1. The van der Waals surface area contributed by atoms with Crippen molar-refractivity contribution in [3.05, 3.63) is 231 Å². The van der Waals surface area contributed by atoms with Crippen LogP contribution < -0.4 is 4.90 Å². The van der Waals surface area contributed by atoms with Crippen LogP contribution in [-0.2, 0) is 0 Å². The first-order valence-corrected chi connectivity index (χ1v) is 22.9. The topological polar surface area (TPSA) is 21.3 Å². The largest absolute Gasteiger partial charge is 0.455 e. The fraction of sp³-hybridized carbons (Fsp3) is 0.0164. The molecule has 0 bridgehead atoms. The van der Waals surface area contributed by atoms with Gasteiger partial charge in [-0.2, -0.15) is 0 Å². The van der Waals surface area contributed by atoms with Crippen molar-refractivity contribution in [2.45, 2.75) is 6.92 Å². The Morgan fingerprint density at radius 3 is 1.77 bits per heavy atom. The summed E-state index contributed by atoms with van der Waals surface area (Å²) in [6.07, 6.45) is 8.14. The summed E-state index contributed by atoms with van der Waals surface area (Å²) in [5.41, 5.74) is 15.0. The molecule has 9 aromatic carbocycles. The van der Waals surface area contributed by atoms with Gasteiger partial charge in [0.1, 0.15) is 11.2 Å². The summed E-state index contributed by atoms with van der Waals surface area (Å²) in [6.45, 7) is 6.48. The van der Waals surface area contributed by atoms with Crippen LogP contribution in [0.4, 0.5) is 17.1 Å². The van der Waals surface area contributed by atoms with Gasteiger partial charge in [-0.3, -0.25) is 0 Å². The van der Waals surface area contributed by atoms with Crippen LogP contribution in [-0.4, -0.2) is 4.57 Å². The average Bonchev–Trinajstić information content (AvgIpc) is 4.05. The predicted molar refractivity (Wildman–Crippen MR) is 280 cm³/mol. The molecule has 308 valence electrons. The Labute approximate surface area is 381 Å². The summed E-state index contributed by atoms with van der Waals surface area (Å²) in [7, 11) is 0. The molecule has 4 heteroatoms. The van der Waals surface area contributed by atoms with E-state index in [0.29, 0.717) is 0 Å². The monoisotopic (exact) mass is 850 g/mol. The van der Waals surface area contributed by atoms with Crippen LogP contribution in [0.25, 0.3) is 103 Å². The van der Waals surface area contributed by atoms with E-state index in [-0.39, 0.29) is 0 Å². The third-order valence-electron chi connectivity index (χ3n) is 12.7. The molecule has 0 unspecified atom stereocenters. The van der Waals surface area contributed by atoms with Crippen LogP contribution in [0.5, 0.6) is 0 Å².